The van der Waals surface area contributed by atoms with E-state index in [1.807, 2.05) is 12.1 Å². The SMILES string of the molecule is CC(C)CC(C)N(C)Cc1ccc(CO)cc1. The van der Waals surface area contributed by atoms with Gasteiger partial charge in [-0.05, 0) is 37.4 Å². The van der Waals surface area contributed by atoms with Crippen molar-refractivity contribution in [2.45, 2.75) is 46.4 Å². The molecule has 0 saturated carbocycles. The summed E-state index contributed by atoms with van der Waals surface area (Å²) in [5.41, 5.74) is 2.28. The first-order chi connectivity index (χ1) is 8.02. The van der Waals surface area contributed by atoms with Crippen LogP contribution in [0.25, 0.3) is 0 Å². The molecule has 0 bridgehead atoms. The number of nitrogens with zero attached hydrogens (tertiary/aromatic N) is 1. The summed E-state index contributed by atoms with van der Waals surface area (Å²) in [6.45, 7) is 7.91. The van der Waals surface area contributed by atoms with E-state index in [4.69, 9.17) is 5.11 Å². The normalized spacial score (nSPS) is 13.4. The molecule has 0 fully saturated rings. The van der Waals surface area contributed by atoms with Gasteiger partial charge in [0.05, 0.1) is 6.61 Å². The predicted octanol–water partition coefficient (Wildman–Crippen LogP) is 3.05. The Hall–Kier alpha value is -0.860. The van der Waals surface area contributed by atoms with Crippen molar-refractivity contribution in [3.05, 3.63) is 35.4 Å². The van der Waals surface area contributed by atoms with E-state index in [1.165, 1.54) is 12.0 Å². The number of benzene rings is 1. The average Bonchev–Trinajstić information content (AvgIpc) is 2.29. The Balaban J connectivity index is 2.51. The lowest BCUT2D eigenvalue weighted by Crippen LogP contribution is -2.29. The van der Waals surface area contributed by atoms with Crippen LogP contribution < -0.4 is 0 Å². The summed E-state index contributed by atoms with van der Waals surface area (Å²) in [6, 6.07) is 8.80. The van der Waals surface area contributed by atoms with Crippen molar-refractivity contribution in [2.75, 3.05) is 7.05 Å². The molecule has 0 amide bonds. The summed E-state index contributed by atoms with van der Waals surface area (Å²) >= 11 is 0. The van der Waals surface area contributed by atoms with Crippen LogP contribution in [0.4, 0.5) is 0 Å². The fourth-order valence-corrected chi connectivity index (χ4v) is 2.06. The topological polar surface area (TPSA) is 23.5 Å². The van der Waals surface area contributed by atoms with Gasteiger partial charge in [-0.3, -0.25) is 4.90 Å². The maximum atomic E-state index is 8.99. The highest BCUT2D eigenvalue weighted by atomic mass is 16.3. The largest absolute Gasteiger partial charge is 0.392 e. The quantitative estimate of drug-likeness (QED) is 0.819. The molecular formula is C15H25NO. The Labute approximate surface area is 105 Å². The van der Waals surface area contributed by atoms with Crippen LogP contribution in [0, 0.1) is 5.92 Å². The van der Waals surface area contributed by atoms with Gasteiger partial charge in [-0.15, -0.1) is 0 Å². The van der Waals surface area contributed by atoms with Crippen LogP contribution in [-0.2, 0) is 13.2 Å². The first kappa shape index (κ1) is 14.2. The molecule has 0 aliphatic heterocycles. The van der Waals surface area contributed by atoms with Gasteiger partial charge in [0.2, 0.25) is 0 Å². The molecule has 1 aromatic carbocycles. The zero-order chi connectivity index (χ0) is 12.8. The van der Waals surface area contributed by atoms with E-state index in [0.29, 0.717) is 6.04 Å². The second kappa shape index (κ2) is 6.77. The highest BCUT2D eigenvalue weighted by molar-refractivity contribution is 5.21. The Kier molecular flexibility index (Phi) is 5.66. The molecule has 17 heavy (non-hydrogen) atoms. The van der Waals surface area contributed by atoms with Gasteiger partial charge in [0, 0.05) is 12.6 Å². The van der Waals surface area contributed by atoms with Gasteiger partial charge in [-0.2, -0.15) is 0 Å². The molecule has 0 saturated heterocycles. The van der Waals surface area contributed by atoms with Crippen molar-refractivity contribution in [2.24, 2.45) is 5.92 Å². The zero-order valence-electron chi connectivity index (χ0n) is 11.5. The first-order valence-corrected chi connectivity index (χ1v) is 6.41. The third-order valence-corrected chi connectivity index (χ3v) is 3.20. The van der Waals surface area contributed by atoms with Gasteiger partial charge in [0.1, 0.15) is 0 Å². The molecular weight excluding hydrogens is 210 g/mol. The van der Waals surface area contributed by atoms with Crippen LogP contribution >= 0.6 is 0 Å². The number of rotatable bonds is 6. The van der Waals surface area contributed by atoms with E-state index in [2.05, 4.69) is 44.9 Å². The van der Waals surface area contributed by atoms with Crippen molar-refractivity contribution in [1.82, 2.24) is 4.90 Å². The lowest BCUT2D eigenvalue weighted by Gasteiger charge is -2.26. The molecule has 0 aromatic heterocycles. The monoisotopic (exact) mass is 235 g/mol. The molecule has 1 atom stereocenters. The molecule has 0 aliphatic rings. The molecule has 0 radical (unpaired) electrons. The van der Waals surface area contributed by atoms with Gasteiger partial charge in [-0.25, -0.2) is 0 Å². The van der Waals surface area contributed by atoms with Crippen LogP contribution in [0.5, 0.6) is 0 Å². The third-order valence-electron chi connectivity index (χ3n) is 3.20. The fourth-order valence-electron chi connectivity index (χ4n) is 2.06. The number of aliphatic hydroxyl groups excluding tert-OH is 1. The third kappa shape index (κ3) is 4.88. The molecule has 0 heterocycles. The van der Waals surface area contributed by atoms with Crippen LogP contribution in [0.2, 0.25) is 0 Å². The minimum atomic E-state index is 0.125. The average molecular weight is 235 g/mol. The van der Waals surface area contributed by atoms with Gasteiger partial charge in [-0.1, -0.05) is 38.1 Å². The van der Waals surface area contributed by atoms with Crippen LogP contribution in [0.15, 0.2) is 24.3 Å². The Morgan fingerprint density at radius 3 is 2.06 bits per heavy atom. The molecule has 0 spiro atoms. The fraction of sp³-hybridized carbons (Fsp3) is 0.600. The van der Waals surface area contributed by atoms with Gasteiger partial charge >= 0.3 is 0 Å². The van der Waals surface area contributed by atoms with E-state index < -0.39 is 0 Å². The molecule has 96 valence electrons. The Morgan fingerprint density at radius 1 is 1.06 bits per heavy atom. The van der Waals surface area contributed by atoms with E-state index in [-0.39, 0.29) is 6.61 Å². The zero-order valence-corrected chi connectivity index (χ0v) is 11.5. The van der Waals surface area contributed by atoms with E-state index >= 15 is 0 Å². The van der Waals surface area contributed by atoms with Crippen molar-refractivity contribution < 1.29 is 5.11 Å². The van der Waals surface area contributed by atoms with Crippen LogP contribution in [0.1, 0.15) is 38.3 Å². The molecule has 2 heteroatoms. The highest BCUT2D eigenvalue weighted by Gasteiger charge is 2.11. The number of hydrogen-bond donors (Lipinski definition) is 1. The van der Waals surface area contributed by atoms with Crippen LogP contribution in [0.3, 0.4) is 0 Å². The number of aliphatic hydroxyl groups is 1. The minimum absolute atomic E-state index is 0.125. The maximum Gasteiger partial charge on any atom is 0.0681 e. The predicted molar refractivity (Wildman–Crippen MR) is 72.7 cm³/mol. The summed E-state index contributed by atoms with van der Waals surface area (Å²) in [6.07, 6.45) is 1.23. The standard InChI is InChI=1S/C15H25NO/c1-12(2)9-13(3)16(4)10-14-5-7-15(11-17)8-6-14/h5-8,12-13,17H,9-11H2,1-4H3. The summed E-state index contributed by atoms with van der Waals surface area (Å²) in [5.74, 6) is 0.740. The lowest BCUT2D eigenvalue weighted by atomic mass is 10.0. The van der Waals surface area contributed by atoms with E-state index in [1.54, 1.807) is 0 Å². The molecule has 1 aromatic rings. The second-order valence-corrected chi connectivity index (χ2v) is 5.37. The minimum Gasteiger partial charge on any atom is -0.392 e. The van der Waals surface area contributed by atoms with Gasteiger partial charge in [0.25, 0.3) is 0 Å². The lowest BCUT2D eigenvalue weighted by molar-refractivity contribution is 0.220. The maximum absolute atomic E-state index is 8.99. The first-order valence-electron chi connectivity index (χ1n) is 6.41. The second-order valence-electron chi connectivity index (χ2n) is 5.37. The van der Waals surface area contributed by atoms with Crippen molar-refractivity contribution in [1.29, 1.82) is 0 Å². The smallest absolute Gasteiger partial charge is 0.0681 e. The summed E-state index contributed by atoms with van der Waals surface area (Å²) < 4.78 is 0. The molecule has 1 N–H and O–H groups in total. The highest BCUT2D eigenvalue weighted by Crippen LogP contribution is 2.13. The van der Waals surface area contributed by atoms with Crippen molar-refractivity contribution in [3.8, 4) is 0 Å². The molecule has 2 nitrogen and oxygen atoms in total. The number of hydrogen-bond acceptors (Lipinski definition) is 2. The van der Waals surface area contributed by atoms with E-state index in [0.717, 1.165) is 18.0 Å². The van der Waals surface area contributed by atoms with E-state index in [9.17, 15) is 0 Å². The van der Waals surface area contributed by atoms with Gasteiger partial charge < -0.3 is 5.11 Å². The molecule has 1 rings (SSSR count). The van der Waals surface area contributed by atoms with Crippen molar-refractivity contribution >= 4 is 0 Å². The summed E-state index contributed by atoms with van der Waals surface area (Å²) in [5, 5.41) is 8.99. The van der Waals surface area contributed by atoms with Crippen molar-refractivity contribution in [3.63, 3.8) is 0 Å². The molecule has 0 aliphatic carbocycles. The summed E-state index contributed by atoms with van der Waals surface area (Å²) in [4.78, 5) is 2.38. The Bertz CT molecular complexity index is 318. The summed E-state index contributed by atoms with van der Waals surface area (Å²) in [7, 11) is 2.17. The molecule has 1 unspecified atom stereocenters. The van der Waals surface area contributed by atoms with Gasteiger partial charge in [0.15, 0.2) is 0 Å². The Morgan fingerprint density at radius 2 is 1.59 bits per heavy atom. The van der Waals surface area contributed by atoms with Crippen LogP contribution in [-0.4, -0.2) is 23.1 Å².